The Labute approximate surface area is 221 Å². The van der Waals surface area contributed by atoms with Crippen molar-refractivity contribution in [1.29, 1.82) is 0 Å². The third kappa shape index (κ3) is 7.40. The van der Waals surface area contributed by atoms with Crippen molar-refractivity contribution < 1.29 is 59.3 Å². The molecule has 40 heavy (non-hydrogen) atoms. The summed E-state index contributed by atoms with van der Waals surface area (Å²) < 4.78 is 118. The number of carbonyl (C=O) groups excluding carboxylic acids is 2. The van der Waals surface area contributed by atoms with Gasteiger partial charge in [0.2, 0.25) is 0 Å². The first-order valence-electron chi connectivity index (χ1n) is 10.9. The van der Waals surface area contributed by atoms with Gasteiger partial charge >= 0.3 is 30.3 Å². The number of rotatable bonds is 10. The van der Waals surface area contributed by atoms with Gasteiger partial charge in [-0.3, -0.25) is 0 Å². The van der Waals surface area contributed by atoms with Crippen molar-refractivity contribution in [3.63, 3.8) is 0 Å². The zero-order valence-electron chi connectivity index (χ0n) is 20.0. The smallest absolute Gasteiger partial charge is 0.426 e. The standard InChI is InChI=1S/C27H17F7O6/c1-3-23(35)37-18-9-5-16(6-10-18)26(31,32)39-20-13-14-22(21(15-20)25(28,29)30)40-27(33,34)17-7-11-19(12-8-17)38-24(36)4-2/h3-15H,1-2H2. The van der Waals surface area contributed by atoms with Crippen molar-refractivity contribution in [2.24, 2.45) is 0 Å². The number of hydrogen-bond donors (Lipinski definition) is 0. The molecule has 3 aromatic rings. The summed E-state index contributed by atoms with van der Waals surface area (Å²) >= 11 is 0. The molecule has 0 heterocycles. The van der Waals surface area contributed by atoms with Crippen LogP contribution in [0.5, 0.6) is 23.0 Å². The van der Waals surface area contributed by atoms with Crippen LogP contribution in [0.1, 0.15) is 16.7 Å². The Hall–Kier alpha value is -4.81. The summed E-state index contributed by atoms with van der Waals surface area (Å²) in [6.45, 7) is 6.35. The molecule has 3 aromatic carbocycles. The highest BCUT2D eigenvalue weighted by atomic mass is 19.4. The summed E-state index contributed by atoms with van der Waals surface area (Å²) in [7, 11) is 0. The van der Waals surface area contributed by atoms with Crippen molar-refractivity contribution in [2.75, 3.05) is 0 Å². The van der Waals surface area contributed by atoms with E-state index in [2.05, 4.69) is 22.6 Å². The molecule has 13 heteroatoms. The molecule has 0 bridgehead atoms. The minimum Gasteiger partial charge on any atom is -0.429 e. The molecule has 0 fully saturated rings. The van der Waals surface area contributed by atoms with E-state index in [-0.39, 0.29) is 17.6 Å². The second kappa shape index (κ2) is 11.5. The van der Waals surface area contributed by atoms with E-state index in [1.165, 1.54) is 0 Å². The van der Waals surface area contributed by atoms with Crippen LogP contribution in [0.15, 0.2) is 92.0 Å². The van der Waals surface area contributed by atoms with Gasteiger partial charge in [0.1, 0.15) is 28.6 Å². The van der Waals surface area contributed by atoms with Crippen molar-refractivity contribution in [3.05, 3.63) is 109 Å². The van der Waals surface area contributed by atoms with Gasteiger partial charge in [0.05, 0.1) is 11.1 Å². The molecule has 0 N–H and O–H groups in total. The van der Waals surface area contributed by atoms with Crippen molar-refractivity contribution >= 4 is 11.9 Å². The lowest BCUT2D eigenvalue weighted by atomic mass is 10.1. The maximum absolute atomic E-state index is 14.7. The molecule has 0 aliphatic rings. The van der Waals surface area contributed by atoms with Gasteiger partial charge in [0.15, 0.2) is 0 Å². The Morgan fingerprint density at radius 1 is 0.600 bits per heavy atom. The maximum Gasteiger partial charge on any atom is 0.426 e. The van der Waals surface area contributed by atoms with Crippen LogP contribution in [0.4, 0.5) is 30.7 Å². The van der Waals surface area contributed by atoms with Crippen LogP contribution < -0.4 is 18.9 Å². The minimum absolute atomic E-state index is 0.0807. The summed E-state index contributed by atoms with van der Waals surface area (Å²) in [5.74, 6) is -4.36. The molecular weight excluding hydrogens is 553 g/mol. The second-order valence-corrected chi connectivity index (χ2v) is 7.69. The van der Waals surface area contributed by atoms with Crippen molar-refractivity contribution in [1.82, 2.24) is 0 Å². The topological polar surface area (TPSA) is 71.1 Å². The molecule has 0 aromatic heterocycles. The van der Waals surface area contributed by atoms with Gasteiger partial charge in [-0.2, -0.15) is 30.7 Å². The van der Waals surface area contributed by atoms with Gasteiger partial charge in [-0.1, -0.05) is 13.2 Å². The Morgan fingerprint density at radius 3 is 1.40 bits per heavy atom. The first-order valence-corrected chi connectivity index (χ1v) is 10.9. The van der Waals surface area contributed by atoms with Gasteiger partial charge in [0, 0.05) is 12.2 Å². The van der Waals surface area contributed by atoms with E-state index in [1.54, 1.807) is 0 Å². The van der Waals surface area contributed by atoms with Crippen LogP contribution in [-0.2, 0) is 28.0 Å². The van der Waals surface area contributed by atoms with Gasteiger partial charge in [0.25, 0.3) is 0 Å². The molecule has 0 radical (unpaired) electrons. The van der Waals surface area contributed by atoms with Gasteiger partial charge in [-0.15, -0.1) is 0 Å². The predicted octanol–water partition coefficient (Wildman–Crippen LogP) is 7.14. The average molecular weight is 570 g/mol. The van der Waals surface area contributed by atoms with E-state index in [0.717, 1.165) is 60.7 Å². The van der Waals surface area contributed by atoms with E-state index in [4.69, 9.17) is 9.47 Å². The van der Waals surface area contributed by atoms with Gasteiger partial charge in [-0.05, 0) is 66.7 Å². The molecule has 0 amide bonds. The first kappa shape index (κ1) is 29.7. The second-order valence-electron chi connectivity index (χ2n) is 7.69. The number of alkyl halides is 7. The summed E-state index contributed by atoms with van der Waals surface area (Å²) in [4.78, 5) is 22.4. The first-order chi connectivity index (χ1) is 18.6. The Morgan fingerprint density at radius 2 is 1.00 bits per heavy atom. The summed E-state index contributed by atoms with van der Waals surface area (Å²) in [6, 6.07) is 8.07. The molecule has 3 rings (SSSR count). The number of carbonyl (C=O) groups is 2. The minimum atomic E-state index is -5.31. The number of benzene rings is 3. The maximum atomic E-state index is 14.7. The monoisotopic (exact) mass is 570 g/mol. The molecule has 0 aliphatic carbocycles. The Bertz CT molecular complexity index is 1400. The lowest BCUT2D eigenvalue weighted by molar-refractivity contribution is -0.193. The summed E-state index contributed by atoms with van der Waals surface area (Å²) in [6.07, 6.45) is -12.1. The SMILES string of the molecule is C=CC(=O)Oc1ccc(C(F)(F)Oc2ccc(OC(F)(F)c3ccc(OC(=O)C=C)cc3)c(C(F)(F)F)c2)cc1. The predicted molar refractivity (Wildman–Crippen MR) is 125 cm³/mol. The van der Waals surface area contributed by atoms with E-state index in [1.807, 2.05) is 0 Å². The Balaban J connectivity index is 1.84. The highest BCUT2D eigenvalue weighted by Crippen LogP contribution is 2.43. The van der Waals surface area contributed by atoms with Crippen molar-refractivity contribution in [3.8, 4) is 23.0 Å². The van der Waals surface area contributed by atoms with E-state index < -0.39 is 58.5 Å². The number of ether oxygens (including phenoxy) is 4. The van der Waals surface area contributed by atoms with Gasteiger partial charge in [-0.25, -0.2) is 9.59 Å². The molecular formula is C27H17F7O6. The molecule has 0 unspecified atom stereocenters. The van der Waals surface area contributed by atoms with E-state index >= 15 is 0 Å². The number of halogens is 7. The third-order valence-electron chi connectivity index (χ3n) is 4.89. The summed E-state index contributed by atoms with van der Waals surface area (Å²) in [5, 5.41) is 0. The van der Waals surface area contributed by atoms with Crippen LogP contribution in [0, 0.1) is 0 Å². The van der Waals surface area contributed by atoms with Crippen LogP contribution in [0.25, 0.3) is 0 Å². The van der Waals surface area contributed by atoms with E-state index in [9.17, 15) is 40.3 Å². The largest absolute Gasteiger partial charge is 0.429 e. The highest BCUT2D eigenvalue weighted by Gasteiger charge is 2.42. The van der Waals surface area contributed by atoms with Crippen LogP contribution in [0.2, 0.25) is 0 Å². The fraction of sp³-hybridized carbons (Fsp3) is 0.111. The Kier molecular flexibility index (Phi) is 8.56. The van der Waals surface area contributed by atoms with E-state index in [0.29, 0.717) is 12.1 Å². The lowest BCUT2D eigenvalue weighted by Gasteiger charge is -2.23. The molecule has 0 spiro atoms. The molecule has 0 atom stereocenters. The zero-order valence-corrected chi connectivity index (χ0v) is 20.0. The molecule has 0 saturated heterocycles. The fourth-order valence-corrected chi connectivity index (χ4v) is 3.04. The average Bonchev–Trinajstić information content (AvgIpc) is 2.89. The highest BCUT2D eigenvalue weighted by molar-refractivity contribution is 5.83. The molecule has 0 saturated carbocycles. The normalized spacial score (nSPS) is 11.8. The fourth-order valence-electron chi connectivity index (χ4n) is 3.04. The van der Waals surface area contributed by atoms with Gasteiger partial charge < -0.3 is 18.9 Å². The quantitative estimate of drug-likeness (QED) is 0.112. The summed E-state index contributed by atoms with van der Waals surface area (Å²) in [5.41, 5.74) is -3.52. The number of hydrogen-bond acceptors (Lipinski definition) is 6. The number of esters is 2. The van der Waals surface area contributed by atoms with Crippen LogP contribution in [0.3, 0.4) is 0 Å². The molecule has 6 nitrogen and oxygen atoms in total. The van der Waals surface area contributed by atoms with Crippen molar-refractivity contribution in [2.45, 2.75) is 18.4 Å². The van der Waals surface area contributed by atoms with Crippen LogP contribution >= 0.6 is 0 Å². The molecule has 210 valence electrons. The van der Waals surface area contributed by atoms with Crippen LogP contribution in [-0.4, -0.2) is 11.9 Å². The molecule has 0 aliphatic heterocycles. The third-order valence-corrected chi connectivity index (χ3v) is 4.89. The zero-order chi connectivity index (χ0) is 29.7. The lowest BCUT2D eigenvalue weighted by Crippen LogP contribution is -2.24.